The van der Waals surface area contributed by atoms with Crippen molar-refractivity contribution >= 4 is 28.8 Å². The molecule has 2 N–H and O–H groups in total. The van der Waals surface area contributed by atoms with Crippen LogP contribution in [0.15, 0.2) is 72.8 Å². The topological polar surface area (TPSA) is 58.2 Å². The van der Waals surface area contributed by atoms with Crippen LogP contribution in [0.4, 0.5) is 17.1 Å². The second kappa shape index (κ2) is 7.66. The molecule has 0 spiro atoms. The van der Waals surface area contributed by atoms with Gasteiger partial charge >= 0.3 is 0 Å². The molecule has 3 aromatic rings. The van der Waals surface area contributed by atoms with Crippen LogP contribution >= 0.6 is 0 Å². The van der Waals surface area contributed by atoms with Crippen molar-refractivity contribution in [1.82, 2.24) is 0 Å². The number of Topliss-reactive ketones (excluding diaryl/α,β-unsaturated/α-hetero) is 1. The third-order valence-electron chi connectivity index (χ3n) is 4.01. The number of rotatable bonds is 5. The molecule has 0 saturated carbocycles. The molecule has 0 fully saturated rings. The van der Waals surface area contributed by atoms with Crippen LogP contribution in [-0.4, -0.2) is 11.7 Å². The van der Waals surface area contributed by atoms with E-state index in [-0.39, 0.29) is 11.7 Å². The molecule has 0 aliphatic carbocycles. The lowest BCUT2D eigenvalue weighted by Crippen LogP contribution is -2.11. The molecule has 0 radical (unpaired) electrons. The fourth-order valence-corrected chi connectivity index (χ4v) is 2.53. The highest BCUT2D eigenvalue weighted by molar-refractivity contribution is 6.04. The summed E-state index contributed by atoms with van der Waals surface area (Å²) in [4.78, 5) is 23.7. The number of hydrogen-bond donors (Lipinski definition) is 2. The second-order valence-corrected chi connectivity index (χ2v) is 6.16. The summed E-state index contributed by atoms with van der Waals surface area (Å²) in [6.45, 7) is 3.53. The molecule has 26 heavy (non-hydrogen) atoms. The first kappa shape index (κ1) is 17.4. The van der Waals surface area contributed by atoms with Gasteiger partial charge in [0.05, 0.1) is 0 Å². The van der Waals surface area contributed by atoms with Crippen molar-refractivity contribution in [1.29, 1.82) is 0 Å². The quantitative estimate of drug-likeness (QED) is 0.626. The Morgan fingerprint density at radius 2 is 1.38 bits per heavy atom. The van der Waals surface area contributed by atoms with E-state index in [1.165, 1.54) is 0 Å². The van der Waals surface area contributed by atoms with Gasteiger partial charge in [-0.3, -0.25) is 9.59 Å². The van der Waals surface area contributed by atoms with Gasteiger partial charge in [-0.1, -0.05) is 29.8 Å². The molecular weight excluding hydrogens is 324 g/mol. The van der Waals surface area contributed by atoms with Crippen molar-refractivity contribution < 1.29 is 9.59 Å². The Kier molecular flexibility index (Phi) is 5.13. The number of nitrogens with one attached hydrogen (secondary N) is 2. The van der Waals surface area contributed by atoms with Crippen molar-refractivity contribution in [2.24, 2.45) is 0 Å². The maximum atomic E-state index is 12.2. The third-order valence-corrected chi connectivity index (χ3v) is 4.01. The van der Waals surface area contributed by atoms with E-state index < -0.39 is 0 Å². The zero-order valence-electron chi connectivity index (χ0n) is 14.7. The van der Waals surface area contributed by atoms with Crippen LogP contribution in [0.1, 0.15) is 33.2 Å². The summed E-state index contributed by atoms with van der Waals surface area (Å²) >= 11 is 0. The Balaban J connectivity index is 1.66. The molecule has 0 unspecified atom stereocenters. The number of carbonyl (C=O) groups is 2. The van der Waals surface area contributed by atoms with Gasteiger partial charge in [-0.25, -0.2) is 0 Å². The van der Waals surface area contributed by atoms with Gasteiger partial charge in [0, 0.05) is 28.2 Å². The number of anilines is 3. The van der Waals surface area contributed by atoms with Crippen LogP contribution in [0.5, 0.6) is 0 Å². The average Bonchev–Trinajstić information content (AvgIpc) is 2.64. The van der Waals surface area contributed by atoms with Gasteiger partial charge in [0.1, 0.15) is 0 Å². The van der Waals surface area contributed by atoms with Crippen molar-refractivity contribution in [2.75, 3.05) is 10.6 Å². The van der Waals surface area contributed by atoms with Crippen LogP contribution in [-0.2, 0) is 0 Å². The molecule has 0 heterocycles. The van der Waals surface area contributed by atoms with Gasteiger partial charge in [0.2, 0.25) is 0 Å². The Morgan fingerprint density at radius 1 is 0.731 bits per heavy atom. The number of amides is 1. The molecule has 1 amide bonds. The Bertz CT molecular complexity index is 929. The first-order valence-corrected chi connectivity index (χ1v) is 8.37. The van der Waals surface area contributed by atoms with Crippen LogP contribution in [0.3, 0.4) is 0 Å². The second-order valence-electron chi connectivity index (χ2n) is 6.16. The van der Waals surface area contributed by atoms with E-state index in [2.05, 4.69) is 10.6 Å². The first-order valence-electron chi connectivity index (χ1n) is 8.37. The van der Waals surface area contributed by atoms with Crippen LogP contribution in [0.25, 0.3) is 0 Å². The fraction of sp³-hybridized carbons (Fsp3) is 0.0909. The Labute approximate surface area is 152 Å². The maximum Gasteiger partial charge on any atom is 0.255 e. The number of benzene rings is 3. The van der Waals surface area contributed by atoms with E-state index in [4.69, 9.17) is 0 Å². The van der Waals surface area contributed by atoms with E-state index in [9.17, 15) is 9.59 Å². The highest BCUT2D eigenvalue weighted by Crippen LogP contribution is 2.20. The predicted octanol–water partition coefficient (Wildman–Crippen LogP) is 5.19. The van der Waals surface area contributed by atoms with E-state index in [1.807, 2.05) is 73.7 Å². The normalized spacial score (nSPS) is 10.2. The van der Waals surface area contributed by atoms with Gasteiger partial charge in [0.25, 0.3) is 5.91 Å². The lowest BCUT2D eigenvalue weighted by molar-refractivity contribution is 0.101. The third kappa shape index (κ3) is 4.36. The van der Waals surface area contributed by atoms with Gasteiger partial charge < -0.3 is 10.6 Å². The van der Waals surface area contributed by atoms with E-state index in [0.717, 1.165) is 22.6 Å². The molecule has 4 heteroatoms. The Morgan fingerprint density at radius 3 is 2.04 bits per heavy atom. The lowest BCUT2D eigenvalue weighted by atomic mass is 10.1. The minimum absolute atomic E-state index is 0.0304. The largest absolute Gasteiger partial charge is 0.356 e. The summed E-state index contributed by atoms with van der Waals surface area (Å²) in [5.74, 6) is -0.109. The summed E-state index contributed by atoms with van der Waals surface area (Å²) in [6.07, 6.45) is 0. The number of aryl methyl sites for hydroxylation is 1. The minimum Gasteiger partial charge on any atom is -0.356 e. The molecule has 3 rings (SSSR count). The molecule has 0 aromatic heterocycles. The molecule has 0 bridgehead atoms. The van der Waals surface area contributed by atoms with Crippen molar-refractivity contribution in [3.8, 4) is 0 Å². The smallest absolute Gasteiger partial charge is 0.255 e. The summed E-state index contributed by atoms with van der Waals surface area (Å²) in [6, 6.07) is 22.2. The summed E-state index contributed by atoms with van der Waals surface area (Å²) in [5.41, 5.74) is 4.84. The molecule has 130 valence electrons. The first-order chi connectivity index (χ1) is 12.5. The molecule has 3 aromatic carbocycles. The molecule has 0 saturated heterocycles. The summed E-state index contributed by atoms with van der Waals surface area (Å²) < 4.78 is 0. The SMILES string of the molecule is CC(=O)c1cccc(Nc2ccc(NC(=O)c3ccc(C)cc3)cc2)c1. The molecule has 0 aliphatic rings. The highest BCUT2D eigenvalue weighted by atomic mass is 16.1. The van der Waals surface area contributed by atoms with Crippen LogP contribution in [0.2, 0.25) is 0 Å². The average molecular weight is 344 g/mol. The monoisotopic (exact) mass is 344 g/mol. The summed E-state index contributed by atoms with van der Waals surface area (Å²) in [5, 5.41) is 6.13. The molecular formula is C22H20N2O2. The highest BCUT2D eigenvalue weighted by Gasteiger charge is 2.06. The van der Waals surface area contributed by atoms with Crippen LogP contribution in [0, 0.1) is 6.92 Å². The van der Waals surface area contributed by atoms with Gasteiger partial charge in [-0.2, -0.15) is 0 Å². The van der Waals surface area contributed by atoms with Gasteiger partial charge in [-0.05, 0) is 62.4 Å². The number of carbonyl (C=O) groups excluding carboxylic acids is 2. The number of ketones is 1. The lowest BCUT2D eigenvalue weighted by Gasteiger charge is -2.10. The van der Waals surface area contributed by atoms with E-state index >= 15 is 0 Å². The summed E-state index contributed by atoms with van der Waals surface area (Å²) in [7, 11) is 0. The van der Waals surface area contributed by atoms with Gasteiger partial charge in [-0.15, -0.1) is 0 Å². The van der Waals surface area contributed by atoms with Crippen LogP contribution < -0.4 is 10.6 Å². The van der Waals surface area contributed by atoms with Gasteiger partial charge in [0.15, 0.2) is 5.78 Å². The molecule has 0 atom stereocenters. The maximum absolute atomic E-state index is 12.2. The van der Waals surface area contributed by atoms with E-state index in [1.54, 1.807) is 13.0 Å². The molecule has 0 aliphatic heterocycles. The van der Waals surface area contributed by atoms with Crippen molar-refractivity contribution in [3.05, 3.63) is 89.5 Å². The zero-order valence-corrected chi connectivity index (χ0v) is 14.7. The van der Waals surface area contributed by atoms with Crippen molar-refractivity contribution in [3.63, 3.8) is 0 Å². The minimum atomic E-state index is -0.139. The van der Waals surface area contributed by atoms with Crippen molar-refractivity contribution in [2.45, 2.75) is 13.8 Å². The predicted molar refractivity (Wildman–Crippen MR) is 105 cm³/mol. The Hall–Kier alpha value is -3.40. The number of hydrogen-bond acceptors (Lipinski definition) is 3. The van der Waals surface area contributed by atoms with E-state index in [0.29, 0.717) is 11.1 Å². The molecule has 4 nitrogen and oxygen atoms in total. The standard InChI is InChI=1S/C22H20N2O2/c1-15-6-8-17(9-7-15)22(26)24-20-12-10-19(11-13-20)23-21-5-3-4-18(14-21)16(2)25/h3-14,23H,1-2H3,(H,24,26). The zero-order chi connectivity index (χ0) is 18.5. The fourth-order valence-electron chi connectivity index (χ4n) is 2.53.